The summed E-state index contributed by atoms with van der Waals surface area (Å²) in [7, 11) is 0. The van der Waals surface area contributed by atoms with Gasteiger partial charge in [0.15, 0.2) is 0 Å². The molecule has 0 aliphatic carbocycles. The van der Waals surface area contributed by atoms with Crippen molar-refractivity contribution in [3.05, 3.63) is 41.8 Å². The largest absolute Gasteiger partial charge is 0.0654 e. The predicted octanol–water partition coefficient (Wildman–Crippen LogP) is 4.24. The van der Waals surface area contributed by atoms with E-state index in [1.807, 2.05) is 0 Å². The first-order valence-electron chi connectivity index (χ1n) is 5.65. The van der Waals surface area contributed by atoms with E-state index in [0.29, 0.717) is 0 Å². The van der Waals surface area contributed by atoms with E-state index in [0.717, 1.165) is 5.92 Å². The molecule has 0 N–H and O–H groups in total. The van der Waals surface area contributed by atoms with E-state index in [4.69, 9.17) is 0 Å². The summed E-state index contributed by atoms with van der Waals surface area (Å²) in [6.45, 7) is 6.77. The van der Waals surface area contributed by atoms with Crippen LogP contribution in [0.15, 0.2) is 24.3 Å². The molecule has 0 aromatic heterocycles. The molecule has 1 aromatic rings. The lowest BCUT2D eigenvalue weighted by atomic mass is 9.95. The number of unbranched alkanes of at least 4 members (excludes halogenated alkanes) is 1. The fourth-order valence-corrected chi connectivity index (χ4v) is 1.66. The normalized spacial score (nSPS) is 10.9. The van der Waals surface area contributed by atoms with Crippen molar-refractivity contribution in [3.8, 4) is 0 Å². The van der Waals surface area contributed by atoms with E-state index >= 15 is 0 Å². The molecule has 1 radical (unpaired) electrons. The Morgan fingerprint density at radius 3 is 2.57 bits per heavy atom. The summed E-state index contributed by atoms with van der Waals surface area (Å²) in [6.07, 6.45) is 5.97. The average Bonchev–Trinajstić information content (AvgIpc) is 2.16. The van der Waals surface area contributed by atoms with Crippen LogP contribution in [0.4, 0.5) is 0 Å². The van der Waals surface area contributed by atoms with E-state index in [1.165, 1.54) is 30.4 Å². The zero-order valence-corrected chi connectivity index (χ0v) is 9.59. The lowest BCUT2D eigenvalue weighted by molar-refractivity contribution is 0.644. The van der Waals surface area contributed by atoms with Crippen LogP contribution in [-0.2, 0) is 6.42 Å². The molecule has 1 aromatic carbocycles. The van der Waals surface area contributed by atoms with Crippen molar-refractivity contribution in [1.29, 1.82) is 0 Å². The lowest BCUT2D eigenvalue weighted by Crippen LogP contribution is -1.98. The van der Waals surface area contributed by atoms with E-state index in [-0.39, 0.29) is 0 Å². The molecule has 0 aliphatic heterocycles. The van der Waals surface area contributed by atoms with Gasteiger partial charge in [0.25, 0.3) is 0 Å². The van der Waals surface area contributed by atoms with Gasteiger partial charge in [0.2, 0.25) is 0 Å². The standard InChI is InChI=1S/C14H21/c1-4-5-8-13-9-6-7-10-14(13)11-12(2)3/h6-10,12H,4-5,11H2,1-3H3. The number of hydrogen-bond acceptors (Lipinski definition) is 0. The highest BCUT2D eigenvalue weighted by Gasteiger charge is 2.03. The maximum absolute atomic E-state index is 2.36. The Kier molecular flexibility index (Phi) is 4.72. The SMILES string of the molecule is CCC[CH]c1ccccc1CC(C)C. The minimum Gasteiger partial charge on any atom is -0.0654 e. The van der Waals surface area contributed by atoms with Gasteiger partial charge in [-0.1, -0.05) is 51.5 Å². The Morgan fingerprint density at radius 1 is 1.21 bits per heavy atom. The Balaban J connectivity index is 2.69. The van der Waals surface area contributed by atoms with Gasteiger partial charge < -0.3 is 0 Å². The first-order chi connectivity index (χ1) is 6.74. The molecule has 0 heterocycles. The van der Waals surface area contributed by atoms with Crippen LogP contribution in [0, 0.1) is 12.3 Å². The molecule has 0 saturated heterocycles. The van der Waals surface area contributed by atoms with E-state index < -0.39 is 0 Å². The van der Waals surface area contributed by atoms with Gasteiger partial charge in [0.1, 0.15) is 0 Å². The van der Waals surface area contributed by atoms with Crippen molar-refractivity contribution in [1.82, 2.24) is 0 Å². The summed E-state index contributed by atoms with van der Waals surface area (Å²) in [5.41, 5.74) is 2.93. The summed E-state index contributed by atoms with van der Waals surface area (Å²) in [5.74, 6) is 0.742. The summed E-state index contributed by atoms with van der Waals surface area (Å²) in [5, 5.41) is 0. The Hall–Kier alpha value is -0.780. The van der Waals surface area contributed by atoms with E-state index in [9.17, 15) is 0 Å². The molecular weight excluding hydrogens is 168 g/mol. The molecule has 0 saturated carbocycles. The highest BCUT2D eigenvalue weighted by atomic mass is 14.1. The van der Waals surface area contributed by atoms with Gasteiger partial charge in [-0.05, 0) is 36.3 Å². The Morgan fingerprint density at radius 2 is 1.93 bits per heavy atom. The monoisotopic (exact) mass is 189 g/mol. The topological polar surface area (TPSA) is 0 Å². The molecule has 0 unspecified atom stereocenters. The molecule has 77 valence electrons. The smallest absolute Gasteiger partial charge is 0.00904 e. The third-order valence-electron chi connectivity index (χ3n) is 2.34. The van der Waals surface area contributed by atoms with Crippen LogP contribution in [0.2, 0.25) is 0 Å². The van der Waals surface area contributed by atoms with Crippen LogP contribution in [0.5, 0.6) is 0 Å². The van der Waals surface area contributed by atoms with Gasteiger partial charge in [-0.25, -0.2) is 0 Å². The average molecular weight is 189 g/mol. The van der Waals surface area contributed by atoms with Crippen molar-refractivity contribution in [2.75, 3.05) is 0 Å². The number of hydrogen-bond donors (Lipinski definition) is 0. The molecular formula is C14H21. The second-order valence-corrected chi connectivity index (χ2v) is 4.29. The molecule has 0 aliphatic rings. The fourth-order valence-electron chi connectivity index (χ4n) is 1.66. The van der Waals surface area contributed by atoms with E-state index in [1.54, 1.807) is 0 Å². The summed E-state index contributed by atoms with van der Waals surface area (Å²) in [4.78, 5) is 0. The van der Waals surface area contributed by atoms with Crippen molar-refractivity contribution >= 4 is 0 Å². The second kappa shape index (κ2) is 5.85. The van der Waals surface area contributed by atoms with Crippen molar-refractivity contribution in [2.45, 2.75) is 40.0 Å². The summed E-state index contributed by atoms with van der Waals surface area (Å²) >= 11 is 0. The van der Waals surface area contributed by atoms with Gasteiger partial charge >= 0.3 is 0 Å². The van der Waals surface area contributed by atoms with Gasteiger partial charge in [-0.15, -0.1) is 0 Å². The van der Waals surface area contributed by atoms with Gasteiger partial charge in [0.05, 0.1) is 0 Å². The third kappa shape index (κ3) is 3.53. The molecule has 0 heteroatoms. The molecule has 14 heavy (non-hydrogen) atoms. The van der Waals surface area contributed by atoms with Crippen LogP contribution in [0.25, 0.3) is 0 Å². The minimum atomic E-state index is 0.742. The maximum Gasteiger partial charge on any atom is -0.00904 e. The molecule has 0 atom stereocenters. The number of benzene rings is 1. The van der Waals surface area contributed by atoms with Crippen LogP contribution in [-0.4, -0.2) is 0 Å². The molecule has 0 spiro atoms. The van der Waals surface area contributed by atoms with Crippen molar-refractivity contribution < 1.29 is 0 Å². The predicted molar refractivity (Wildman–Crippen MR) is 63.3 cm³/mol. The van der Waals surface area contributed by atoms with Crippen LogP contribution < -0.4 is 0 Å². The van der Waals surface area contributed by atoms with Crippen LogP contribution in [0.1, 0.15) is 44.7 Å². The highest BCUT2D eigenvalue weighted by molar-refractivity contribution is 5.33. The lowest BCUT2D eigenvalue weighted by Gasteiger charge is -2.10. The van der Waals surface area contributed by atoms with Crippen molar-refractivity contribution in [3.63, 3.8) is 0 Å². The van der Waals surface area contributed by atoms with Gasteiger partial charge in [-0.2, -0.15) is 0 Å². The fraction of sp³-hybridized carbons (Fsp3) is 0.500. The molecule has 0 nitrogen and oxygen atoms in total. The zero-order valence-electron chi connectivity index (χ0n) is 9.59. The third-order valence-corrected chi connectivity index (χ3v) is 2.34. The second-order valence-electron chi connectivity index (χ2n) is 4.29. The molecule has 0 bridgehead atoms. The number of rotatable bonds is 5. The molecule has 0 fully saturated rings. The first-order valence-corrected chi connectivity index (χ1v) is 5.65. The molecule has 1 rings (SSSR count). The zero-order chi connectivity index (χ0) is 10.4. The van der Waals surface area contributed by atoms with Crippen molar-refractivity contribution in [2.24, 2.45) is 5.92 Å². The quantitative estimate of drug-likeness (QED) is 0.650. The summed E-state index contributed by atoms with van der Waals surface area (Å²) < 4.78 is 0. The maximum atomic E-state index is 2.36. The molecule has 0 amide bonds. The Bertz CT molecular complexity index is 260. The Labute approximate surface area is 88.4 Å². The first kappa shape index (κ1) is 11.3. The van der Waals surface area contributed by atoms with Gasteiger partial charge in [0, 0.05) is 0 Å². The summed E-state index contributed by atoms with van der Waals surface area (Å²) in [6, 6.07) is 8.75. The highest BCUT2D eigenvalue weighted by Crippen LogP contribution is 2.17. The van der Waals surface area contributed by atoms with E-state index in [2.05, 4.69) is 51.5 Å². The van der Waals surface area contributed by atoms with Gasteiger partial charge in [-0.3, -0.25) is 0 Å². The van der Waals surface area contributed by atoms with Crippen LogP contribution in [0.3, 0.4) is 0 Å². The minimum absolute atomic E-state index is 0.742. The van der Waals surface area contributed by atoms with Crippen LogP contribution >= 0.6 is 0 Å².